The molecule has 0 saturated carbocycles. The van der Waals surface area contributed by atoms with E-state index in [1.54, 1.807) is 6.92 Å². The van der Waals surface area contributed by atoms with Crippen molar-refractivity contribution in [1.29, 1.82) is 0 Å². The maximum atomic E-state index is 11.8. The van der Waals surface area contributed by atoms with E-state index in [1.807, 2.05) is 36.2 Å². The van der Waals surface area contributed by atoms with E-state index >= 15 is 0 Å². The van der Waals surface area contributed by atoms with Gasteiger partial charge in [-0.15, -0.1) is 11.3 Å². The highest BCUT2D eigenvalue weighted by Crippen LogP contribution is 2.24. The lowest BCUT2D eigenvalue weighted by molar-refractivity contribution is 0.0630. The number of hydrogen-bond acceptors (Lipinski definition) is 4. The van der Waals surface area contributed by atoms with Gasteiger partial charge in [0.15, 0.2) is 0 Å². The van der Waals surface area contributed by atoms with Crippen LogP contribution in [0.5, 0.6) is 0 Å². The van der Waals surface area contributed by atoms with Gasteiger partial charge in [0.05, 0.1) is 6.54 Å². The zero-order valence-corrected chi connectivity index (χ0v) is 13.9. The Kier molecular flexibility index (Phi) is 7.40. The van der Waals surface area contributed by atoms with Gasteiger partial charge in [-0.2, -0.15) is 11.8 Å². The van der Waals surface area contributed by atoms with E-state index in [1.165, 1.54) is 11.3 Å². The van der Waals surface area contributed by atoms with E-state index in [4.69, 9.17) is 0 Å². The fraction of sp³-hybridized carbons (Fsp3) is 0.643. The normalized spacial score (nSPS) is 15.4. The van der Waals surface area contributed by atoms with Crippen molar-refractivity contribution in [3.63, 3.8) is 0 Å². The Morgan fingerprint density at radius 3 is 2.95 bits per heavy atom. The van der Waals surface area contributed by atoms with Gasteiger partial charge in [0.1, 0.15) is 5.60 Å². The van der Waals surface area contributed by atoms with Gasteiger partial charge in [0.2, 0.25) is 0 Å². The predicted octanol–water partition coefficient (Wildman–Crippen LogP) is 2.79. The molecule has 0 aromatic carbocycles. The van der Waals surface area contributed by atoms with Crippen LogP contribution in [-0.2, 0) is 5.60 Å². The largest absolute Gasteiger partial charge is 0.383 e. The number of rotatable bonds is 8. The molecule has 0 aliphatic rings. The second-order valence-corrected chi connectivity index (χ2v) is 7.31. The van der Waals surface area contributed by atoms with Crippen molar-refractivity contribution in [2.45, 2.75) is 38.8 Å². The second-order valence-electron chi connectivity index (χ2n) is 4.96. The first-order chi connectivity index (χ1) is 9.45. The van der Waals surface area contributed by atoms with Crippen LogP contribution < -0.4 is 10.6 Å². The van der Waals surface area contributed by atoms with Crippen molar-refractivity contribution in [2.75, 3.05) is 18.1 Å². The van der Waals surface area contributed by atoms with E-state index in [0.29, 0.717) is 0 Å². The lowest BCUT2D eigenvalue weighted by atomic mass is 10.1. The second kappa shape index (κ2) is 8.54. The average Bonchev–Trinajstić information content (AvgIpc) is 2.91. The molecule has 4 nitrogen and oxygen atoms in total. The third-order valence-corrected chi connectivity index (χ3v) is 4.98. The Bertz CT molecular complexity index is 394. The fourth-order valence-corrected chi connectivity index (χ4v) is 3.27. The molecular formula is C14H24N2O2S2. The lowest BCUT2D eigenvalue weighted by Gasteiger charge is -2.23. The van der Waals surface area contributed by atoms with Crippen LogP contribution in [0.4, 0.5) is 4.79 Å². The van der Waals surface area contributed by atoms with Crippen molar-refractivity contribution < 1.29 is 9.90 Å². The van der Waals surface area contributed by atoms with Gasteiger partial charge < -0.3 is 15.7 Å². The SMILES string of the molecule is CCSCCC(C)NC(=O)NCC(C)(O)c1cccs1. The number of thiophene rings is 1. The Morgan fingerprint density at radius 2 is 2.35 bits per heavy atom. The molecular weight excluding hydrogens is 292 g/mol. The number of urea groups is 1. The molecule has 0 bridgehead atoms. The molecule has 0 saturated heterocycles. The van der Waals surface area contributed by atoms with E-state index in [0.717, 1.165) is 22.8 Å². The van der Waals surface area contributed by atoms with Crippen molar-refractivity contribution >= 4 is 29.1 Å². The van der Waals surface area contributed by atoms with Gasteiger partial charge >= 0.3 is 6.03 Å². The minimum atomic E-state index is -1.02. The van der Waals surface area contributed by atoms with Crippen LogP contribution in [0.25, 0.3) is 0 Å². The Morgan fingerprint density at radius 1 is 1.60 bits per heavy atom. The summed E-state index contributed by atoms with van der Waals surface area (Å²) < 4.78 is 0. The smallest absolute Gasteiger partial charge is 0.315 e. The Labute approximate surface area is 129 Å². The molecule has 114 valence electrons. The molecule has 1 rings (SSSR count). The van der Waals surface area contributed by atoms with Gasteiger partial charge in [-0.05, 0) is 43.2 Å². The standard InChI is InChI=1S/C14H24N2O2S2/c1-4-19-9-7-11(2)16-13(17)15-10-14(3,18)12-6-5-8-20-12/h5-6,8,11,18H,4,7,9-10H2,1-3H3,(H2,15,16,17). The van der Waals surface area contributed by atoms with E-state index in [9.17, 15) is 9.90 Å². The van der Waals surface area contributed by atoms with Gasteiger partial charge in [0.25, 0.3) is 0 Å². The third-order valence-electron chi connectivity index (χ3n) is 2.92. The number of thioether (sulfide) groups is 1. The van der Waals surface area contributed by atoms with Gasteiger partial charge in [-0.25, -0.2) is 4.79 Å². The number of carbonyl (C=O) groups excluding carboxylic acids is 1. The van der Waals surface area contributed by atoms with Crippen LogP contribution in [0, 0.1) is 0 Å². The van der Waals surface area contributed by atoms with E-state index in [2.05, 4.69) is 17.6 Å². The maximum Gasteiger partial charge on any atom is 0.315 e. The number of nitrogens with one attached hydrogen (secondary N) is 2. The minimum absolute atomic E-state index is 0.140. The number of carbonyl (C=O) groups is 1. The molecule has 2 amide bonds. The van der Waals surface area contributed by atoms with Crippen molar-refractivity contribution in [1.82, 2.24) is 10.6 Å². The predicted molar refractivity (Wildman–Crippen MR) is 87.5 cm³/mol. The summed E-state index contributed by atoms with van der Waals surface area (Å²) in [6, 6.07) is 3.67. The van der Waals surface area contributed by atoms with Crippen LogP contribution in [0.3, 0.4) is 0 Å². The first-order valence-electron chi connectivity index (χ1n) is 6.84. The average molecular weight is 316 g/mol. The van der Waals surface area contributed by atoms with Crippen molar-refractivity contribution in [3.05, 3.63) is 22.4 Å². The summed E-state index contributed by atoms with van der Waals surface area (Å²) in [6.45, 7) is 6.03. The quantitative estimate of drug-likeness (QED) is 0.646. The first-order valence-corrected chi connectivity index (χ1v) is 8.87. The Balaban J connectivity index is 2.29. The van der Waals surface area contributed by atoms with Crippen LogP contribution in [0.15, 0.2) is 17.5 Å². The van der Waals surface area contributed by atoms with Gasteiger partial charge in [-0.3, -0.25) is 0 Å². The summed E-state index contributed by atoms with van der Waals surface area (Å²) >= 11 is 3.35. The Hall–Kier alpha value is -0.720. The minimum Gasteiger partial charge on any atom is -0.383 e. The zero-order chi connectivity index (χ0) is 15.0. The van der Waals surface area contributed by atoms with Crippen molar-refractivity contribution in [3.8, 4) is 0 Å². The molecule has 2 unspecified atom stereocenters. The summed E-state index contributed by atoms with van der Waals surface area (Å²) in [6.07, 6.45) is 0.952. The highest BCUT2D eigenvalue weighted by Gasteiger charge is 2.24. The van der Waals surface area contributed by atoms with Gasteiger partial charge in [-0.1, -0.05) is 13.0 Å². The molecule has 6 heteroatoms. The van der Waals surface area contributed by atoms with Crippen LogP contribution >= 0.6 is 23.1 Å². The fourth-order valence-electron chi connectivity index (χ4n) is 1.68. The molecule has 0 fully saturated rings. The van der Waals surface area contributed by atoms with E-state index in [-0.39, 0.29) is 18.6 Å². The molecule has 2 atom stereocenters. The third kappa shape index (κ3) is 6.15. The molecule has 0 aliphatic carbocycles. The van der Waals surface area contributed by atoms with E-state index < -0.39 is 5.60 Å². The molecule has 1 aromatic heterocycles. The van der Waals surface area contributed by atoms with Crippen LogP contribution in [0.2, 0.25) is 0 Å². The molecule has 20 heavy (non-hydrogen) atoms. The summed E-state index contributed by atoms with van der Waals surface area (Å²) in [7, 11) is 0. The molecule has 0 radical (unpaired) electrons. The molecule has 0 spiro atoms. The molecule has 1 heterocycles. The highest BCUT2D eigenvalue weighted by atomic mass is 32.2. The van der Waals surface area contributed by atoms with Crippen molar-refractivity contribution in [2.24, 2.45) is 0 Å². The lowest BCUT2D eigenvalue weighted by Crippen LogP contribution is -2.46. The zero-order valence-electron chi connectivity index (χ0n) is 12.3. The molecule has 0 aliphatic heterocycles. The summed E-state index contributed by atoms with van der Waals surface area (Å²) in [5.74, 6) is 2.15. The van der Waals surface area contributed by atoms with Gasteiger partial charge in [0, 0.05) is 10.9 Å². The highest BCUT2D eigenvalue weighted by molar-refractivity contribution is 7.99. The monoisotopic (exact) mass is 316 g/mol. The summed E-state index contributed by atoms with van der Waals surface area (Å²) in [5, 5.41) is 17.8. The number of aliphatic hydroxyl groups is 1. The summed E-state index contributed by atoms with van der Waals surface area (Å²) in [5.41, 5.74) is -1.02. The number of amides is 2. The first kappa shape index (κ1) is 17.3. The molecule has 1 aromatic rings. The van der Waals surface area contributed by atoms with Crippen LogP contribution in [0.1, 0.15) is 32.1 Å². The summed E-state index contributed by atoms with van der Waals surface area (Å²) in [4.78, 5) is 12.6. The maximum absolute atomic E-state index is 11.8. The molecule has 3 N–H and O–H groups in total. The van der Waals surface area contributed by atoms with Crippen LogP contribution in [-0.4, -0.2) is 35.2 Å². The topological polar surface area (TPSA) is 61.4 Å². The number of hydrogen-bond donors (Lipinski definition) is 3.